The van der Waals surface area contributed by atoms with Gasteiger partial charge in [0.2, 0.25) is 0 Å². The molecular weight excluding hydrogens is 384 g/mol. The molecule has 0 aliphatic heterocycles. The number of rotatable bonds is 5. The summed E-state index contributed by atoms with van der Waals surface area (Å²) in [6.07, 6.45) is 0. The van der Waals surface area contributed by atoms with E-state index in [0.717, 1.165) is 20.0 Å². The summed E-state index contributed by atoms with van der Waals surface area (Å²) < 4.78 is 27.6. The third kappa shape index (κ3) is 3.22. The lowest BCUT2D eigenvalue weighted by atomic mass is 10.4. The van der Waals surface area contributed by atoms with Crippen molar-refractivity contribution in [2.24, 2.45) is 0 Å². The van der Waals surface area contributed by atoms with Crippen LogP contribution in [-0.4, -0.2) is 24.3 Å². The predicted octanol–water partition coefficient (Wildman–Crippen LogP) is 2.78. The van der Waals surface area contributed by atoms with Gasteiger partial charge in [-0.3, -0.25) is 4.79 Å². The number of aromatic amines is 1. The topological polar surface area (TPSA) is 70.2 Å². The van der Waals surface area contributed by atoms with Gasteiger partial charge in [-0.1, -0.05) is 18.3 Å². The van der Waals surface area contributed by atoms with Gasteiger partial charge in [-0.2, -0.15) is 4.31 Å². The van der Waals surface area contributed by atoms with Crippen molar-refractivity contribution in [1.29, 1.82) is 0 Å². The molecule has 2 heterocycles. The van der Waals surface area contributed by atoms with Gasteiger partial charge in [0, 0.05) is 23.7 Å². The molecule has 2 aromatic heterocycles. The SMILES string of the molecule is CCN(Cc1ccc(Br)s1)S(=O)(=O)c1sc(=O)[nH]c1C. The zero-order chi connectivity index (χ0) is 14.9. The van der Waals surface area contributed by atoms with E-state index in [1.807, 2.05) is 12.1 Å². The Kier molecular flexibility index (Phi) is 4.85. The maximum atomic E-state index is 12.6. The molecule has 1 N–H and O–H groups in total. The molecule has 20 heavy (non-hydrogen) atoms. The van der Waals surface area contributed by atoms with Crippen LogP contribution in [0.5, 0.6) is 0 Å². The van der Waals surface area contributed by atoms with Crippen LogP contribution in [0.1, 0.15) is 17.5 Å². The Morgan fingerprint density at radius 1 is 1.35 bits per heavy atom. The Morgan fingerprint density at radius 2 is 2.05 bits per heavy atom. The molecule has 0 saturated carbocycles. The smallest absolute Gasteiger partial charge is 0.305 e. The molecule has 5 nitrogen and oxygen atoms in total. The summed E-state index contributed by atoms with van der Waals surface area (Å²) in [5, 5.41) is 0. The zero-order valence-electron chi connectivity index (χ0n) is 10.8. The molecule has 2 rings (SSSR count). The minimum absolute atomic E-state index is 0.0972. The Balaban J connectivity index is 2.35. The number of thiophene rings is 1. The number of H-pyrrole nitrogens is 1. The molecule has 0 atom stereocenters. The molecule has 0 amide bonds. The van der Waals surface area contributed by atoms with Gasteiger partial charge in [0.1, 0.15) is 0 Å². The number of sulfonamides is 1. The first-order valence-corrected chi connectivity index (χ1v) is 9.65. The average molecular weight is 397 g/mol. The Morgan fingerprint density at radius 3 is 2.50 bits per heavy atom. The molecule has 2 aromatic rings. The monoisotopic (exact) mass is 396 g/mol. The Labute approximate surface area is 133 Å². The third-order valence-electron chi connectivity index (χ3n) is 2.67. The summed E-state index contributed by atoms with van der Waals surface area (Å²) in [5.74, 6) is 0. The molecular formula is C11H13BrN2O3S3. The van der Waals surface area contributed by atoms with Crippen molar-refractivity contribution in [1.82, 2.24) is 9.29 Å². The lowest BCUT2D eigenvalue weighted by molar-refractivity contribution is 0.427. The molecule has 0 aromatic carbocycles. The fourth-order valence-electron chi connectivity index (χ4n) is 1.73. The van der Waals surface area contributed by atoms with E-state index >= 15 is 0 Å². The van der Waals surface area contributed by atoms with E-state index in [2.05, 4.69) is 20.9 Å². The lowest BCUT2D eigenvalue weighted by Crippen LogP contribution is -2.30. The van der Waals surface area contributed by atoms with Gasteiger partial charge in [-0.05, 0) is 35.0 Å². The van der Waals surface area contributed by atoms with Crippen molar-refractivity contribution in [3.63, 3.8) is 0 Å². The number of aryl methyl sites for hydroxylation is 1. The highest BCUT2D eigenvalue weighted by Gasteiger charge is 2.27. The van der Waals surface area contributed by atoms with E-state index in [1.165, 1.54) is 15.6 Å². The second kappa shape index (κ2) is 6.10. The van der Waals surface area contributed by atoms with Crippen molar-refractivity contribution in [3.05, 3.63) is 36.2 Å². The second-order valence-corrected chi connectivity index (χ2v) is 9.73. The quantitative estimate of drug-likeness (QED) is 0.844. The molecule has 0 aliphatic carbocycles. The van der Waals surface area contributed by atoms with Crippen LogP contribution in [0.4, 0.5) is 0 Å². The number of aromatic nitrogens is 1. The minimum atomic E-state index is -3.64. The fraction of sp³-hybridized carbons (Fsp3) is 0.364. The van der Waals surface area contributed by atoms with Gasteiger partial charge >= 0.3 is 4.87 Å². The van der Waals surface area contributed by atoms with Crippen molar-refractivity contribution in [2.75, 3.05) is 6.54 Å². The van der Waals surface area contributed by atoms with E-state index in [1.54, 1.807) is 13.8 Å². The number of halogens is 1. The minimum Gasteiger partial charge on any atom is -0.315 e. The maximum absolute atomic E-state index is 12.6. The fourth-order valence-corrected chi connectivity index (χ4v) is 6.17. The lowest BCUT2D eigenvalue weighted by Gasteiger charge is -2.18. The van der Waals surface area contributed by atoms with Crippen molar-refractivity contribution in [2.45, 2.75) is 24.6 Å². The molecule has 0 bridgehead atoms. The van der Waals surface area contributed by atoms with Crippen LogP contribution in [-0.2, 0) is 16.6 Å². The zero-order valence-corrected chi connectivity index (χ0v) is 14.9. The summed E-state index contributed by atoms with van der Waals surface area (Å²) >= 11 is 5.59. The van der Waals surface area contributed by atoms with Crippen LogP contribution in [0, 0.1) is 6.92 Å². The molecule has 0 fully saturated rings. The first kappa shape index (κ1) is 15.9. The van der Waals surface area contributed by atoms with Crippen LogP contribution in [0.2, 0.25) is 0 Å². The Bertz CT molecular complexity index is 760. The number of hydrogen-bond donors (Lipinski definition) is 1. The first-order valence-electron chi connectivity index (χ1n) is 5.78. The van der Waals surface area contributed by atoms with Crippen LogP contribution in [0.15, 0.2) is 24.9 Å². The number of nitrogens with zero attached hydrogens (tertiary/aromatic N) is 1. The molecule has 110 valence electrons. The van der Waals surface area contributed by atoms with Crippen molar-refractivity contribution < 1.29 is 8.42 Å². The number of thiazole rings is 1. The van der Waals surface area contributed by atoms with Crippen LogP contribution < -0.4 is 4.87 Å². The van der Waals surface area contributed by atoms with Crippen LogP contribution >= 0.6 is 38.6 Å². The van der Waals surface area contributed by atoms with E-state index in [0.29, 0.717) is 18.8 Å². The van der Waals surface area contributed by atoms with E-state index in [4.69, 9.17) is 0 Å². The summed E-state index contributed by atoms with van der Waals surface area (Å²) in [4.78, 5) is 14.4. The van der Waals surface area contributed by atoms with Gasteiger partial charge < -0.3 is 4.98 Å². The van der Waals surface area contributed by atoms with E-state index < -0.39 is 10.0 Å². The van der Waals surface area contributed by atoms with Crippen molar-refractivity contribution >= 4 is 48.6 Å². The molecule has 0 spiro atoms. The molecule has 9 heteroatoms. The normalized spacial score (nSPS) is 12.2. The second-order valence-electron chi connectivity index (χ2n) is 4.06. The standard InChI is InChI=1S/C11H13BrN2O3S3/c1-3-14(6-8-4-5-9(12)18-8)20(16,17)10-7(2)13-11(15)19-10/h4-5H,3,6H2,1-2H3,(H,13,15). The van der Waals surface area contributed by atoms with E-state index in [-0.39, 0.29) is 9.08 Å². The molecule has 0 radical (unpaired) electrons. The molecule has 0 saturated heterocycles. The van der Waals surface area contributed by atoms with Gasteiger partial charge in [0.05, 0.1) is 3.79 Å². The van der Waals surface area contributed by atoms with Gasteiger partial charge in [0.25, 0.3) is 10.0 Å². The highest BCUT2D eigenvalue weighted by Crippen LogP contribution is 2.27. The molecule has 0 unspecified atom stereocenters. The largest absolute Gasteiger partial charge is 0.315 e. The van der Waals surface area contributed by atoms with Crippen LogP contribution in [0.3, 0.4) is 0 Å². The highest BCUT2D eigenvalue weighted by molar-refractivity contribution is 9.11. The van der Waals surface area contributed by atoms with Crippen LogP contribution in [0.25, 0.3) is 0 Å². The highest BCUT2D eigenvalue weighted by atomic mass is 79.9. The predicted molar refractivity (Wildman–Crippen MR) is 85.0 cm³/mol. The third-order valence-corrected chi connectivity index (χ3v) is 7.78. The summed E-state index contributed by atoms with van der Waals surface area (Å²) in [6.45, 7) is 4.04. The van der Waals surface area contributed by atoms with E-state index in [9.17, 15) is 13.2 Å². The Hall–Kier alpha value is -0.480. The number of hydrogen-bond acceptors (Lipinski definition) is 5. The van der Waals surface area contributed by atoms with Gasteiger partial charge in [-0.15, -0.1) is 11.3 Å². The summed E-state index contributed by atoms with van der Waals surface area (Å²) in [5.41, 5.74) is 0.394. The van der Waals surface area contributed by atoms with Gasteiger partial charge in [0.15, 0.2) is 4.21 Å². The summed E-state index contributed by atoms with van der Waals surface area (Å²) in [6, 6.07) is 3.78. The van der Waals surface area contributed by atoms with Crippen molar-refractivity contribution in [3.8, 4) is 0 Å². The molecule has 0 aliphatic rings. The summed E-state index contributed by atoms with van der Waals surface area (Å²) in [7, 11) is -3.64. The first-order chi connectivity index (χ1) is 9.34. The maximum Gasteiger partial charge on any atom is 0.305 e. The van der Waals surface area contributed by atoms with Gasteiger partial charge in [-0.25, -0.2) is 8.42 Å². The number of nitrogens with one attached hydrogen (secondary N) is 1. The average Bonchev–Trinajstić information content (AvgIpc) is 2.92.